The minimum Gasteiger partial charge on any atom is -0.458 e. The normalized spacial score (nSPS) is 26.1. The van der Waals surface area contributed by atoms with Gasteiger partial charge in [-0.2, -0.15) is 0 Å². The van der Waals surface area contributed by atoms with Gasteiger partial charge in [-0.3, -0.25) is 9.59 Å². The Morgan fingerprint density at radius 1 is 1.28 bits per heavy atom. The second-order valence-electron chi connectivity index (χ2n) is 11.2. The second-order valence-corrected chi connectivity index (χ2v) is 11.2. The predicted octanol–water partition coefficient (Wildman–Crippen LogP) is 2.26. The van der Waals surface area contributed by atoms with Crippen molar-refractivity contribution in [3.8, 4) is 11.4 Å². The van der Waals surface area contributed by atoms with Gasteiger partial charge < -0.3 is 24.8 Å². The first-order valence-corrected chi connectivity index (χ1v) is 13.4. The van der Waals surface area contributed by atoms with Crippen molar-refractivity contribution in [3.05, 3.63) is 61.7 Å². The number of ether oxygens (including phenoxy) is 1. The minimum absolute atomic E-state index is 0.0296. The van der Waals surface area contributed by atoms with Crippen LogP contribution in [0.3, 0.4) is 0 Å². The Balaban J connectivity index is 1.45. The van der Waals surface area contributed by atoms with Gasteiger partial charge in [0, 0.05) is 35.1 Å². The summed E-state index contributed by atoms with van der Waals surface area (Å²) >= 11 is 0. The lowest BCUT2D eigenvalue weighted by molar-refractivity contribution is -0.172. The van der Waals surface area contributed by atoms with E-state index in [0.29, 0.717) is 41.7 Å². The van der Waals surface area contributed by atoms with Crippen LogP contribution in [0.2, 0.25) is 0 Å². The minimum atomic E-state index is -1.95. The number of carbonyl (C=O) groups excluding carboxylic acids is 2. The van der Waals surface area contributed by atoms with Gasteiger partial charge in [-0.1, -0.05) is 6.92 Å². The first kappa shape index (κ1) is 24.4. The Labute approximate surface area is 222 Å². The highest BCUT2D eigenvalue weighted by atomic mass is 19.1. The summed E-state index contributed by atoms with van der Waals surface area (Å²) in [5.74, 6) is -1.55. The average molecular weight is 534 g/mol. The van der Waals surface area contributed by atoms with Crippen LogP contribution >= 0.6 is 0 Å². The van der Waals surface area contributed by atoms with E-state index in [2.05, 4.69) is 5.32 Å². The predicted molar refractivity (Wildman–Crippen MR) is 137 cm³/mol. The molecular formula is C29H28FN3O6. The van der Waals surface area contributed by atoms with E-state index in [1.807, 2.05) is 0 Å². The molecule has 4 atom stereocenters. The summed E-state index contributed by atoms with van der Waals surface area (Å²) in [6.45, 7) is 3.32. The van der Waals surface area contributed by atoms with Gasteiger partial charge in [0.05, 0.1) is 35.1 Å². The third-order valence-corrected chi connectivity index (χ3v) is 9.19. The third-order valence-electron chi connectivity index (χ3n) is 9.19. The van der Waals surface area contributed by atoms with Gasteiger partial charge in [-0.25, -0.2) is 14.2 Å². The Morgan fingerprint density at radius 3 is 2.79 bits per heavy atom. The van der Waals surface area contributed by atoms with Crippen LogP contribution in [-0.4, -0.2) is 38.2 Å². The van der Waals surface area contributed by atoms with Crippen molar-refractivity contribution in [2.45, 2.75) is 64.3 Å². The molecule has 10 heteroatoms. The number of amides is 1. The van der Waals surface area contributed by atoms with Gasteiger partial charge in [0.15, 0.2) is 5.60 Å². The van der Waals surface area contributed by atoms with Crippen LogP contribution in [0.4, 0.5) is 4.39 Å². The van der Waals surface area contributed by atoms with Crippen LogP contribution in [0, 0.1) is 24.6 Å². The lowest BCUT2D eigenvalue weighted by Crippen LogP contribution is -2.44. The van der Waals surface area contributed by atoms with Gasteiger partial charge >= 0.3 is 5.97 Å². The zero-order valence-corrected chi connectivity index (χ0v) is 21.6. The molecule has 1 fully saturated rings. The number of aryl methyl sites for hydroxylation is 1. The fraction of sp³-hybridized carbons (Fsp3) is 0.448. The van der Waals surface area contributed by atoms with Gasteiger partial charge in [-0.05, 0) is 61.3 Å². The summed E-state index contributed by atoms with van der Waals surface area (Å²) in [6, 6.07) is 2.66. The summed E-state index contributed by atoms with van der Waals surface area (Å²) in [7, 11) is 0. The van der Waals surface area contributed by atoms with Crippen molar-refractivity contribution in [1.82, 2.24) is 14.9 Å². The monoisotopic (exact) mass is 533 g/mol. The summed E-state index contributed by atoms with van der Waals surface area (Å²) in [5.41, 5.74) is 2.45. The quantitative estimate of drug-likeness (QED) is 0.343. The van der Waals surface area contributed by atoms with Crippen LogP contribution in [0.15, 0.2) is 16.9 Å². The van der Waals surface area contributed by atoms with E-state index in [9.17, 15) is 24.6 Å². The van der Waals surface area contributed by atoms with Gasteiger partial charge in [0.2, 0.25) is 5.91 Å². The average Bonchev–Trinajstić information content (AvgIpc) is 3.64. The summed E-state index contributed by atoms with van der Waals surface area (Å²) in [5, 5.41) is 24.6. The van der Waals surface area contributed by atoms with Crippen LogP contribution < -0.4 is 10.9 Å². The molecule has 1 saturated carbocycles. The molecular weight excluding hydrogens is 505 g/mol. The zero-order valence-electron chi connectivity index (χ0n) is 21.6. The molecule has 3 aromatic rings. The molecule has 0 saturated heterocycles. The molecule has 0 spiro atoms. The number of hydrogen-bond acceptors (Lipinski definition) is 7. The maximum Gasteiger partial charge on any atom is 0.343 e. The molecule has 1 amide bonds. The van der Waals surface area contributed by atoms with E-state index in [4.69, 9.17) is 9.72 Å². The summed E-state index contributed by atoms with van der Waals surface area (Å²) in [4.78, 5) is 44.1. The molecule has 202 valence electrons. The molecule has 4 heterocycles. The number of nitrogens with one attached hydrogen (secondary N) is 1. The first-order valence-electron chi connectivity index (χ1n) is 13.4. The topological polar surface area (TPSA) is 131 Å². The molecule has 2 aliphatic heterocycles. The molecule has 4 aliphatic rings. The standard InChI is InChI=1S/C29H28FN3O6/c1-3-29(38)18-7-22-25-16(9-33(22)27(36)17(18)11-39-28(29)37)24-20(32-26(35)15-6-13(15)10-34)5-4-14-12(2)19(30)8-21(31-25)23(14)24/h7-8,13,15,20,34,38H,3-6,9-11H2,1-2H3,(H,32,35)/t13-,15-,20-,29-/m0/s1. The van der Waals surface area contributed by atoms with Crippen LogP contribution in [0.25, 0.3) is 22.3 Å². The van der Waals surface area contributed by atoms with E-state index in [1.54, 1.807) is 24.5 Å². The number of hydrogen-bond donors (Lipinski definition) is 3. The van der Waals surface area contributed by atoms with E-state index in [-0.39, 0.29) is 72.5 Å². The highest BCUT2D eigenvalue weighted by Crippen LogP contribution is 2.46. The molecule has 0 bridgehead atoms. The molecule has 7 rings (SSSR count). The molecule has 0 radical (unpaired) electrons. The maximum atomic E-state index is 15.0. The zero-order chi connectivity index (χ0) is 27.4. The van der Waals surface area contributed by atoms with Crippen molar-refractivity contribution >= 4 is 22.8 Å². The number of halogens is 1. The number of cyclic esters (lactones) is 1. The summed E-state index contributed by atoms with van der Waals surface area (Å²) < 4.78 is 21.7. The largest absolute Gasteiger partial charge is 0.458 e. The van der Waals surface area contributed by atoms with E-state index in [0.717, 1.165) is 22.1 Å². The Kier molecular flexibility index (Phi) is 5.13. The number of esters is 1. The highest BCUT2D eigenvalue weighted by Gasteiger charge is 2.46. The van der Waals surface area contributed by atoms with Gasteiger partial charge in [-0.15, -0.1) is 0 Å². The highest BCUT2D eigenvalue weighted by molar-refractivity contribution is 5.94. The van der Waals surface area contributed by atoms with Crippen LogP contribution in [0.5, 0.6) is 0 Å². The smallest absolute Gasteiger partial charge is 0.343 e. The number of aliphatic hydroxyl groups is 2. The molecule has 39 heavy (non-hydrogen) atoms. The Hall–Kier alpha value is -3.63. The third kappa shape index (κ3) is 3.24. The number of rotatable bonds is 4. The maximum absolute atomic E-state index is 15.0. The fourth-order valence-electron chi connectivity index (χ4n) is 6.75. The molecule has 2 aliphatic carbocycles. The van der Waals surface area contributed by atoms with E-state index < -0.39 is 11.6 Å². The SMILES string of the molecule is CC[C@@]1(O)C(=O)OCc2c1cc1n(c2=O)Cc2c-1nc1cc(F)c(C)c3c1c2[C@@H](NC(=O)[C@H]1C[C@H]1CO)CC3. The van der Waals surface area contributed by atoms with Crippen LogP contribution in [0.1, 0.15) is 65.6 Å². The number of fused-ring (bicyclic) bond motifs is 5. The Morgan fingerprint density at radius 2 is 2.08 bits per heavy atom. The first-order chi connectivity index (χ1) is 18.7. The number of aromatic nitrogens is 2. The van der Waals surface area contributed by atoms with E-state index in [1.165, 1.54) is 6.07 Å². The van der Waals surface area contributed by atoms with Crippen LogP contribution in [-0.2, 0) is 39.5 Å². The molecule has 3 N–H and O–H groups in total. The lowest BCUT2D eigenvalue weighted by atomic mass is 9.81. The van der Waals surface area contributed by atoms with Crippen molar-refractivity contribution in [3.63, 3.8) is 0 Å². The van der Waals surface area contributed by atoms with Gasteiger partial charge in [0.25, 0.3) is 5.56 Å². The number of nitrogens with zero attached hydrogens (tertiary/aromatic N) is 2. The number of aliphatic hydroxyl groups excluding tert-OH is 1. The number of benzene rings is 1. The van der Waals surface area contributed by atoms with E-state index >= 15 is 4.39 Å². The fourth-order valence-corrected chi connectivity index (χ4v) is 6.75. The second kappa shape index (κ2) is 8.19. The van der Waals surface area contributed by atoms with Crippen molar-refractivity contribution < 1.29 is 28.9 Å². The molecule has 2 aromatic heterocycles. The number of carbonyl (C=O) groups is 2. The lowest BCUT2D eigenvalue weighted by Gasteiger charge is -2.31. The number of pyridine rings is 2. The van der Waals surface area contributed by atoms with Crippen molar-refractivity contribution in [2.75, 3.05) is 6.61 Å². The molecule has 1 aromatic carbocycles. The summed E-state index contributed by atoms with van der Waals surface area (Å²) in [6.07, 6.45) is 1.80. The van der Waals surface area contributed by atoms with Gasteiger partial charge in [0.1, 0.15) is 12.4 Å². The molecule has 0 unspecified atom stereocenters. The van der Waals surface area contributed by atoms with Crippen molar-refractivity contribution in [2.24, 2.45) is 11.8 Å². The Bertz CT molecular complexity index is 1700. The van der Waals surface area contributed by atoms with Crippen molar-refractivity contribution in [1.29, 1.82) is 0 Å². The molecule has 9 nitrogen and oxygen atoms in total.